The van der Waals surface area contributed by atoms with Gasteiger partial charge < -0.3 is 14.8 Å². The summed E-state index contributed by atoms with van der Waals surface area (Å²) in [7, 11) is 1.74. The number of halogens is 1. The van der Waals surface area contributed by atoms with Crippen molar-refractivity contribution in [3.63, 3.8) is 0 Å². The molecular formula is C11H12BrNO3. The Morgan fingerprint density at radius 2 is 2.31 bits per heavy atom. The van der Waals surface area contributed by atoms with Crippen LogP contribution in [0.4, 0.5) is 0 Å². The van der Waals surface area contributed by atoms with Crippen LogP contribution < -0.4 is 14.8 Å². The van der Waals surface area contributed by atoms with Crippen LogP contribution in [-0.2, 0) is 0 Å². The Morgan fingerprint density at radius 1 is 1.56 bits per heavy atom. The molecule has 0 unspecified atom stereocenters. The zero-order valence-corrected chi connectivity index (χ0v) is 10.7. The summed E-state index contributed by atoms with van der Waals surface area (Å²) in [6.07, 6.45) is 0. The van der Waals surface area contributed by atoms with Crippen molar-refractivity contribution in [1.82, 2.24) is 5.32 Å². The minimum atomic E-state index is 0.00282. The van der Waals surface area contributed by atoms with Crippen LogP contribution in [-0.4, -0.2) is 26.2 Å². The maximum absolute atomic E-state index is 12.0. The van der Waals surface area contributed by atoms with Crippen molar-refractivity contribution in [2.24, 2.45) is 0 Å². The van der Waals surface area contributed by atoms with Crippen molar-refractivity contribution in [3.05, 3.63) is 21.7 Å². The van der Waals surface area contributed by atoms with E-state index in [1.54, 1.807) is 7.05 Å². The largest absolute Gasteiger partial charge is 0.454 e. The lowest BCUT2D eigenvalue weighted by molar-refractivity contribution is 0.0988. The highest BCUT2D eigenvalue weighted by molar-refractivity contribution is 9.10. The number of rotatable bonds is 3. The fraction of sp³-hybridized carbons (Fsp3) is 0.364. The fourth-order valence-electron chi connectivity index (χ4n) is 1.69. The Balaban J connectivity index is 2.54. The van der Waals surface area contributed by atoms with Crippen molar-refractivity contribution in [3.8, 4) is 11.5 Å². The quantitative estimate of drug-likeness (QED) is 0.862. The van der Waals surface area contributed by atoms with Gasteiger partial charge >= 0.3 is 0 Å². The van der Waals surface area contributed by atoms with Gasteiger partial charge in [-0.25, -0.2) is 0 Å². The second kappa shape index (κ2) is 4.43. The number of hydrogen-bond acceptors (Lipinski definition) is 4. The van der Waals surface area contributed by atoms with Crippen LogP contribution in [0.15, 0.2) is 10.5 Å². The van der Waals surface area contributed by atoms with Crippen molar-refractivity contribution in [2.75, 3.05) is 20.4 Å². The average molecular weight is 286 g/mol. The molecule has 16 heavy (non-hydrogen) atoms. The van der Waals surface area contributed by atoms with Gasteiger partial charge in [0.1, 0.15) is 0 Å². The van der Waals surface area contributed by atoms with Gasteiger partial charge in [-0.15, -0.1) is 0 Å². The number of fused-ring (bicyclic) bond motifs is 1. The van der Waals surface area contributed by atoms with Gasteiger partial charge in [0, 0.05) is 4.47 Å². The molecule has 0 fully saturated rings. The number of nitrogens with one attached hydrogen (secondary N) is 1. The lowest BCUT2D eigenvalue weighted by atomic mass is 10.0. The number of hydrogen-bond donors (Lipinski definition) is 1. The van der Waals surface area contributed by atoms with Gasteiger partial charge in [-0.3, -0.25) is 4.79 Å². The van der Waals surface area contributed by atoms with Crippen molar-refractivity contribution < 1.29 is 14.3 Å². The third-order valence-corrected chi connectivity index (χ3v) is 3.30. The molecule has 0 saturated carbocycles. The molecular weight excluding hydrogens is 274 g/mol. The van der Waals surface area contributed by atoms with Crippen molar-refractivity contribution in [2.45, 2.75) is 6.92 Å². The molecule has 1 aromatic carbocycles. The predicted molar refractivity (Wildman–Crippen MR) is 63.3 cm³/mol. The number of ketones is 1. The van der Waals surface area contributed by atoms with E-state index in [0.717, 1.165) is 10.0 Å². The van der Waals surface area contributed by atoms with Gasteiger partial charge in [-0.05, 0) is 25.6 Å². The zero-order chi connectivity index (χ0) is 11.7. The topological polar surface area (TPSA) is 47.6 Å². The molecule has 1 aliphatic heterocycles. The van der Waals surface area contributed by atoms with Crippen molar-refractivity contribution in [1.29, 1.82) is 0 Å². The number of carbonyl (C=O) groups is 1. The maximum Gasteiger partial charge on any atom is 0.231 e. The van der Waals surface area contributed by atoms with Crippen LogP contribution in [0.3, 0.4) is 0 Å². The lowest BCUT2D eigenvalue weighted by Crippen LogP contribution is -2.20. The Bertz CT molecular complexity index is 445. The van der Waals surface area contributed by atoms with Gasteiger partial charge in [0.25, 0.3) is 0 Å². The number of carbonyl (C=O) groups excluding carboxylic acids is 1. The van der Waals surface area contributed by atoms with Crippen molar-refractivity contribution >= 4 is 21.7 Å². The molecule has 0 spiro atoms. The SMILES string of the molecule is CNCC(=O)c1c(C)c(Br)cc2c1OCO2. The Labute approximate surface area is 102 Å². The third kappa shape index (κ3) is 1.81. The molecule has 5 heteroatoms. The summed E-state index contributed by atoms with van der Waals surface area (Å²) in [5.41, 5.74) is 1.47. The first-order chi connectivity index (χ1) is 7.65. The molecule has 0 aliphatic carbocycles. The van der Waals surface area contributed by atoms with Gasteiger partial charge in [-0.2, -0.15) is 0 Å². The minimum Gasteiger partial charge on any atom is -0.454 e. The molecule has 1 heterocycles. The Hall–Kier alpha value is -1.07. The third-order valence-electron chi connectivity index (χ3n) is 2.48. The molecule has 0 amide bonds. The summed E-state index contributed by atoms with van der Waals surface area (Å²) in [6, 6.07) is 1.83. The standard InChI is InChI=1S/C11H12BrNO3/c1-6-7(12)3-9-11(16-5-15-9)10(6)8(14)4-13-2/h3,13H,4-5H2,1-2H3. The average Bonchev–Trinajstić information content (AvgIpc) is 2.67. The molecule has 0 radical (unpaired) electrons. The highest BCUT2D eigenvalue weighted by Gasteiger charge is 2.25. The summed E-state index contributed by atoms with van der Waals surface area (Å²) >= 11 is 3.41. The first-order valence-electron chi connectivity index (χ1n) is 4.91. The van der Waals surface area contributed by atoms with Crippen LogP contribution in [0, 0.1) is 6.92 Å². The van der Waals surface area contributed by atoms with E-state index in [2.05, 4.69) is 21.2 Å². The van der Waals surface area contributed by atoms with E-state index in [1.807, 2.05) is 13.0 Å². The monoisotopic (exact) mass is 285 g/mol. The van der Waals surface area contributed by atoms with E-state index in [0.29, 0.717) is 17.1 Å². The van der Waals surface area contributed by atoms with E-state index < -0.39 is 0 Å². The molecule has 1 aliphatic rings. The summed E-state index contributed by atoms with van der Waals surface area (Å²) in [6.45, 7) is 2.34. The number of ether oxygens (including phenoxy) is 2. The Kier molecular flexibility index (Phi) is 3.16. The normalized spacial score (nSPS) is 12.9. The molecule has 1 N–H and O–H groups in total. The summed E-state index contributed by atoms with van der Waals surface area (Å²) < 4.78 is 11.5. The number of Topliss-reactive ketones (excluding diaryl/α,β-unsaturated/α-hetero) is 1. The van der Waals surface area contributed by atoms with Gasteiger partial charge in [0.15, 0.2) is 17.3 Å². The summed E-state index contributed by atoms with van der Waals surface area (Å²) in [5, 5.41) is 2.84. The zero-order valence-electron chi connectivity index (χ0n) is 9.09. The Morgan fingerprint density at radius 3 is 3.00 bits per heavy atom. The van der Waals surface area contributed by atoms with Crippen LogP contribution >= 0.6 is 15.9 Å². The van der Waals surface area contributed by atoms with Gasteiger partial charge in [0.05, 0.1) is 12.1 Å². The molecule has 0 saturated heterocycles. The molecule has 1 aromatic rings. The van der Waals surface area contributed by atoms with E-state index in [4.69, 9.17) is 9.47 Å². The highest BCUT2D eigenvalue weighted by Crippen LogP contribution is 2.41. The van der Waals surface area contributed by atoms with Gasteiger partial charge in [0.2, 0.25) is 6.79 Å². The smallest absolute Gasteiger partial charge is 0.231 e. The first-order valence-corrected chi connectivity index (χ1v) is 5.71. The van der Waals surface area contributed by atoms with Crippen LogP contribution in [0.5, 0.6) is 11.5 Å². The molecule has 0 aromatic heterocycles. The fourth-order valence-corrected chi connectivity index (χ4v) is 2.10. The second-order valence-electron chi connectivity index (χ2n) is 3.55. The molecule has 0 bridgehead atoms. The second-order valence-corrected chi connectivity index (χ2v) is 4.40. The van der Waals surface area contributed by atoms with E-state index in [-0.39, 0.29) is 19.1 Å². The lowest BCUT2D eigenvalue weighted by Gasteiger charge is -2.10. The number of benzene rings is 1. The molecule has 4 nitrogen and oxygen atoms in total. The molecule has 2 rings (SSSR count). The minimum absolute atomic E-state index is 0.00282. The van der Waals surface area contributed by atoms with Crippen LogP contribution in [0.2, 0.25) is 0 Å². The summed E-state index contributed by atoms with van der Waals surface area (Å²) in [4.78, 5) is 12.0. The first kappa shape index (κ1) is 11.4. The van der Waals surface area contributed by atoms with E-state index >= 15 is 0 Å². The molecule has 0 atom stereocenters. The van der Waals surface area contributed by atoms with Crippen LogP contribution in [0.25, 0.3) is 0 Å². The highest BCUT2D eigenvalue weighted by atomic mass is 79.9. The predicted octanol–water partition coefficient (Wildman–Crippen LogP) is 1.89. The van der Waals surface area contributed by atoms with E-state index in [9.17, 15) is 4.79 Å². The summed E-state index contributed by atoms with van der Waals surface area (Å²) in [5.74, 6) is 1.18. The van der Waals surface area contributed by atoms with Gasteiger partial charge in [-0.1, -0.05) is 15.9 Å². The van der Waals surface area contributed by atoms with E-state index in [1.165, 1.54) is 0 Å². The van der Waals surface area contributed by atoms with Crippen LogP contribution in [0.1, 0.15) is 15.9 Å². The maximum atomic E-state index is 12.0. The number of likely N-dealkylation sites (N-methyl/N-ethyl adjacent to an activating group) is 1. The molecule has 86 valence electrons.